The molecule has 2 aromatic rings. The molecule has 0 saturated carbocycles. The van der Waals surface area contributed by atoms with Crippen LogP contribution < -0.4 is 5.32 Å². The first-order valence-corrected chi connectivity index (χ1v) is 7.19. The zero-order chi connectivity index (χ0) is 13.1. The third-order valence-electron chi connectivity index (χ3n) is 2.41. The van der Waals surface area contributed by atoms with E-state index in [2.05, 4.69) is 37.2 Å². The lowest BCUT2D eigenvalue weighted by Gasteiger charge is -2.11. The summed E-state index contributed by atoms with van der Waals surface area (Å²) >= 11 is 12.9. The number of halogens is 3. The Bertz CT molecular complexity index is 534. The maximum absolute atomic E-state index is 9.21. The average molecular weight is 391 g/mol. The molecule has 2 rings (SSSR count). The van der Waals surface area contributed by atoms with Crippen molar-refractivity contribution in [3.05, 3.63) is 55.9 Å². The van der Waals surface area contributed by atoms with Crippen molar-refractivity contribution in [3.63, 3.8) is 0 Å². The standard InChI is InChI=1S/C13H10Br2ClNO/c14-11-5-9(16)6-12(15)13(11)17-7-8-1-3-10(18)4-2-8/h1-6,17-18H,7H2. The number of phenols is 1. The molecule has 0 radical (unpaired) electrons. The van der Waals surface area contributed by atoms with Crippen LogP contribution >= 0.6 is 43.5 Å². The van der Waals surface area contributed by atoms with Gasteiger partial charge in [0.15, 0.2) is 0 Å². The fraction of sp³-hybridized carbons (Fsp3) is 0.0769. The van der Waals surface area contributed by atoms with Gasteiger partial charge in [-0.15, -0.1) is 0 Å². The fourth-order valence-corrected chi connectivity index (χ4v) is 3.46. The van der Waals surface area contributed by atoms with Crippen LogP contribution in [-0.4, -0.2) is 5.11 Å². The summed E-state index contributed by atoms with van der Waals surface area (Å²) in [5.41, 5.74) is 2.04. The van der Waals surface area contributed by atoms with Gasteiger partial charge >= 0.3 is 0 Å². The monoisotopic (exact) mass is 389 g/mol. The van der Waals surface area contributed by atoms with Crippen LogP contribution in [0, 0.1) is 0 Å². The van der Waals surface area contributed by atoms with E-state index in [9.17, 15) is 5.11 Å². The first-order chi connectivity index (χ1) is 8.56. The molecule has 2 aromatic carbocycles. The first kappa shape index (κ1) is 13.7. The minimum absolute atomic E-state index is 0.271. The van der Waals surface area contributed by atoms with Gasteiger partial charge in [0, 0.05) is 20.5 Å². The molecule has 0 saturated heterocycles. The van der Waals surface area contributed by atoms with Crippen LogP contribution in [0.2, 0.25) is 5.02 Å². The zero-order valence-corrected chi connectivity index (χ0v) is 13.2. The van der Waals surface area contributed by atoms with Crippen molar-refractivity contribution in [3.8, 4) is 5.75 Å². The number of hydrogen-bond donors (Lipinski definition) is 2. The summed E-state index contributed by atoms with van der Waals surface area (Å²) in [7, 11) is 0. The third-order valence-corrected chi connectivity index (χ3v) is 3.88. The quantitative estimate of drug-likeness (QED) is 0.755. The van der Waals surface area contributed by atoms with Gasteiger partial charge in [0.25, 0.3) is 0 Å². The van der Waals surface area contributed by atoms with Crippen LogP contribution in [0.15, 0.2) is 45.3 Å². The van der Waals surface area contributed by atoms with Gasteiger partial charge in [0.05, 0.1) is 5.69 Å². The molecule has 0 aliphatic heterocycles. The highest BCUT2D eigenvalue weighted by molar-refractivity contribution is 9.11. The summed E-state index contributed by atoms with van der Waals surface area (Å²) in [5, 5.41) is 13.2. The second-order valence-corrected chi connectivity index (χ2v) is 5.91. The number of rotatable bonds is 3. The number of hydrogen-bond acceptors (Lipinski definition) is 2. The van der Waals surface area contributed by atoms with Crippen molar-refractivity contribution in [1.29, 1.82) is 0 Å². The van der Waals surface area contributed by atoms with E-state index < -0.39 is 0 Å². The number of phenolic OH excluding ortho intramolecular Hbond substituents is 1. The fourth-order valence-electron chi connectivity index (χ4n) is 1.52. The zero-order valence-electron chi connectivity index (χ0n) is 9.25. The minimum atomic E-state index is 0.271. The van der Waals surface area contributed by atoms with Gasteiger partial charge in [0.1, 0.15) is 5.75 Å². The van der Waals surface area contributed by atoms with E-state index in [4.69, 9.17) is 11.6 Å². The lowest BCUT2D eigenvalue weighted by Crippen LogP contribution is -2.00. The van der Waals surface area contributed by atoms with E-state index in [0.29, 0.717) is 11.6 Å². The van der Waals surface area contributed by atoms with Gasteiger partial charge in [0.2, 0.25) is 0 Å². The van der Waals surface area contributed by atoms with Crippen molar-refractivity contribution in [2.75, 3.05) is 5.32 Å². The van der Waals surface area contributed by atoms with Crippen molar-refractivity contribution in [2.45, 2.75) is 6.54 Å². The summed E-state index contributed by atoms with van der Waals surface area (Å²) in [6.07, 6.45) is 0. The van der Waals surface area contributed by atoms with Gasteiger partial charge in [-0.25, -0.2) is 0 Å². The Morgan fingerprint density at radius 2 is 1.61 bits per heavy atom. The maximum atomic E-state index is 9.21. The summed E-state index contributed by atoms with van der Waals surface area (Å²) in [6, 6.07) is 10.8. The molecule has 0 fully saturated rings. The van der Waals surface area contributed by atoms with Crippen LogP contribution in [0.5, 0.6) is 5.75 Å². The van der Waals surface area contributed by atoms with Gasteiger partial charge in [-0.3, -0.25) is 0 Å². The lowest BCUT2D eigenvalue weighted by molar-refractivity contribution is 0.475. The van der Waals surface area contributed by atoms with Crippen molar-refractivity contribution < 1.29 is 5.11 Å². The van der Waals surface area contributed by atoms with Crippen molar-refractivity contribution in [1.82, 2.24) is 0 Å². The largest absolute Gasteiger partial charge is 0.508 e. The Labute approximate surface area is 127 Å². The van der Waals surface area contributed by atoms with E-state index in [0.717, 1.165) is 20.2 Å². The highest BCUT2D eigenvalue weighted by atomic mass is 79.9. The second-order valence-electron chi connectivity index (χ2n) is 3.76. The van der Waals surface area contributed by atoms with E-state index in [1.165, 1.54) is 0 Å². The van der Waals surface area contributed by atoms with Gasteiger partial charge < -0.3 is 10.4 Å². The predicted octanol–water partition coefficient (Wildman–Crippen LogP) is 5.18. The van der Waals surface area contributed by atoms with E-state index >= 15 is 0 Å². The normalized spacial score (nSPS) is 10.4. The van der Waals surface area contributed by atoms with Gasteiger partial charge in [-0.2, -0.15) is 0 Å². The molecule has 2 nitrogen and oxygen atoms in total. The Balaban J connectivity index is 2.13. The number of benzene rings is 2. The molecule has 18 heavy (non-hydrogen) atoms. The SMILES string of the molecule is Oc1ccc(CNc2c(Br)cc(Cl)cc2Br)cc1. The van der Waals surface area contributed by atoms with Crippen molar-refractivity contribution in [2.24, 2.45) is 0 Å². The number of aromatic hydroxyl groups is 1. The van der Waals surface area contributed by atoms with E-state index in [1.807, 2.05) is 24.3 Å². The highest BCUT2D eigenvalue weighted by Crippen LogP contribution is 2.34. The van der Waals surface area contributed by atoms with Gasteiger partial charge in [-0.1, -0.05) is 23.7 Å². The minimum Gasteiger partial charge on any atom is -0.508 e. The molecule has 0 atom stereocenters. The highest BCUT2D eigenvalue weighted by Gasteiger charge is 2.06. The topological polar surface area (TPSA) is 32.3 Å². The Kier molecular flexibility index (Phi) is 4.54. The van der Waals surface area contributed by atoms with Gasteiger partial charge in [-0.05, 0) is 61.7 Å². The molecule has 0 amide bonds. The van der Waals surface area contributed by atoms with Crippen LogP contribution in [0.4, 0.5) is 5.69 Å². The molecule has 0 spiro atoms. The Morgan fingerprint density at radius 1 is 1.06 bits per heavy atom. The van der Waals surface area contributed by atoms with Crippen LogP contribution in [0.25, 0.3) is 0 Å². The average Bonchev–Trinajstić information content (AvgIpc) is 2.30. The first-order valence-electron chi connectivity index (χ1n) is 5.22. The summed E-state index contributed by atoms with van der Waals surface area (Å²) < 4.78 is 1.81. The maximum Gasteiger partial charge on any atom is 0.115 e. The molecular formula is C13H10Br2ClNO. The van der Waals surface area contributed by atoms with Crippen LogP contribution in [0.3, 0.4) is 0 Å². The molecule has 5 heteroatoms. The predicted molar refractivity (Wildman–Crippen MR) is 82.3 cm³/mol. The molecule has 0 bridgehead atoms. The number of anilines is 1. The molecule has 0 aliphatic carbocycles. The van der Waals surface area contributed by atoms with E-state index in [-0.39, 0.29) is 5.75 Å². The molecule has 0 aliphatic rings. The molecule has 0 aromatic heterocycles. The summed E-state index contributed by atoms with van der Waals surface area (Å²) in [6.45, 7) is 0.666. The molecule has 0 heterocycles. The molecular weight excluding hydrogens is 381 g/mol. The molecule has 94 valence electrons. The van der Waals surface area contributed by atoms with Crippen LogP contribution in [-0.2, 0) is 6.54 Å². The summed E-state index contributed by atoms with van der Waals surface area (Å²) in [5.74, 6) is 0.271. The van der Waals surface area contributed by atoms with E-state index in [1.54, 1.807) is 12.1 Å². The number of nitrogens with one attached hydrogen (secondary N) is 1. The Morgan fingerprint density at radius 3 is 2.17 bits per heavy atom. The Hall–Kier alpha value is -0.710. The van der Waals surface area contributed by atoms with Crippen LogP contribution in [0.1, 0.15) is 5.56 Å². The smallest absolute Gasteiger partial charge is 0.115 e. The second kappa shape index (κ2) is 5.95. The summed E-state index contributed by atoms with van der Waals surface area (Å²) in [4.78, 5) is 0. The lowest BCUT2D eigenvalue weighted by atomic mass is 10.2. The third kappa shape index (κ3) is 3.40. The van der Waals surface area contributed by atoms with Crippen molar-refractivity contribution >= 4 is 49.1 Å². The molecule has 2 N–H and O–H groups in total. The molecule has 0 unspecified atom stereocenters.